The van der Waals surface area contributed by atoms with Crippen LogP contribution in [0.15, 0.2) is 0 Å². The van der Waals surface area contributed by atoms with Crippen LogP contribution in [0.2, 0.25) is 0 Å². The Labute approximate surface area is 97.4 Å². The van der Waals surface area contributed by atoms with Crippen molar-refractivity contribution in [2.75, 3.05) is 31.9 Å². The Balaban J connectivity index is 1.73. The number of hydrogen-bond donors (Lipinski definition) is 1. The molecule has 92 valence electrons. The fourth-order valence-electron chi connectivity index (χ4n) is 3.01. The fraction of sp³-hybridized carbons (Fsp3) is 1.00. The summed E-state index contributed by atoms with van der Waals surface area (Å²) in [4.78, 5) is 0. The van der Waals surface area contributed by atoms with Crippen LogP contribution >= 0.6 is 0 Å². The van der Waals surface area contributed by atoms with Crippen molar-refractivity contribution in [3.63, 3.8) is 0 Å². The molecule has 4 nitrogen and oxygen atoms in total. The first-order chi connectivity index (χ1) is 7.50. The van der Waals surface area contributed by atoms with Crippen LogP contribution in [-0.2, 0) is 10.0 Å². The van der Waals surface area contributed by atoms with Gasteiger partial charge in [0.25, 0.3) is 0 Å². The van der Waals surface area contributed by atoms with E-state index in [-0.39, 0.29) is 5.41 Å². The molecule has 2 heterocycles. The number of fused-ring (bicyclic) bond motifs is 1. The van der Waals surface area contributed by atoms with Gasteiger partial charge in [-0.05, 0) is 36.6 Å². The average molecular weight is 244 g/mol. The van der Waals surface area contributed by atoms with Crippen LogP contribution < -0.4 is 5.32 Å². The maximum absolute atomic E-state index is 12.2. The summed E-state index contributed by atoms with van der Waals surface area (Å²) in [7, 11) is -2.97. The Morgan fingerprint density at radius 3 is 2.81 bits per heavy atom. The number of nitrogens with one attached hydrogen (secondary N) is 1. The van der Waals surface area contributed by atoms with Gasteiger partial charge in [-0.15, -0.1) is 0 Å². The molecule has 2 atom stereocenters. The van der Waals surface area contributed by atoms with Crippen molar-refractivity contribution in [1.29, 1.82) is 0 Å². The van der Waals surface area contributed by atoms with Gasteiger partial charge in [0.05, 0.1) is 5.75 Å². The quantitative estimate of drug-likeness (QED) is 0.775. The molecule has 1 aliphatic carbocycles. The SMILES string of the molecule is C[C@]12CNC[C@H]1CN(S(=O)(=O)CC1CC1)C2. The highest BCUT2D eigenvalue weighted by Crippen LogP contribution is 2.40. The van der Waals surface area contributed by atoms with E-state index in [9.17, 15) is 8.42 Å². The summed E-state index contributed by atoms with van der Waals surface area (Å²) >= 11 is 0. The van der Waals surface area contributed by atoms with Gasteiger partial charge in [-0.1, -0.05) is 6.92 Å². The zero-order valence-corrected chi connectivity index (χ0v) is 10.6. The van der Waals surface area contributed by atoms with Crippen LogP contribution in [0.25, 0.3) is 0 Å². The molecule has 0 radical (unpaired) electrons. The van der Waals surface area contributed by atoms with Crippen molar-refractivity contribution in [2.24, 2.45) is 17.3 Å². The minimum absolute atomic E-state index is 0.177. The number of hydrogen-bond acceptors (Lipinski definition) is 3. The Morgan fingerprint density at radius 2 is 2.19 bits per heavy atom. The maximum Gasteiger partial charge on any atom is 0.214 e. The van der Waals surface area contributed by atoms with Crippen LogP contribution in [-0.4, -0.2) is 44.7 Å². The van der Waals surface area contributed by atoms with Crippen molar-refractivity contribution in [3.05, 3.63) is 0 Å². The normalized spacial score (nSPS) is 40.2. The molecular weight excluding hydrogens is 224 g/mol. The second-order valence-corrected chi connectivity index (χ2v) is 8.01. The summed E-state index contributed by atoms with van der Waals surface area (Å²) in [6.45, 7) is 5.61. The largest absolute Gasteiger partial charge is 0.316 e. The molecule has 0 amide bonds. The van der Waals surface area contributed by atoms with E-state index in [0.29, 0.717) is 17.6 Å². The van der Waals surface area contributed by atoms with E-state index < -0.39 is 10.0 Å². The molecule has 3 aliphatic rings. The van der Waals surface area contributed by atoms with Crippen LogP contribution in [0, 0.1) is 17.3 Å². The second kappa shape index (κ2) is 3.43. The van der Waals surface area contributed by atoms with Gasteiger partial charge < -0.3 is 5.32 Å². The van der Waals surface area contributed by atoms with Gasteiger partial charge in [0.1, 0.15) is 0 Å². The number of rotatable bonds is 3. The Morgan fingerprint density at radius 1 is 1.44 bits per heavy atom. The summed E-state index contributed by atoms with van der Waals surface area (Å²) in [5.41, 5.74) is 0.177. The third kappa shape index (κ3) is 1.79. The van der Waals surface area contributed by atoms with Crippen molar-refractivity contribution < 1.29 is 8.42 Å². The summed E-state index contributed by atoms with van der Waals surface area (Å²) in [5, 5.41) is 3.37. The summed E-state index contributed by atoms with van der Waals surface area (Å²) in [5.74, 6) is 1.36. The fourth-order valence-corrected chi connectivity index (χ4v) is 5.04. The van der Waals surface area contributed by atoms with E-state index in [4.69, 9.17) is 0 Å². The molecule has 0 aromatic heterocycles. The van der Waals surface area contributed by atoms with Crippen molar-refractivity contribution in [1.82, 2.24) is 9.62 Å². The monoisotopic (exact) mass is 244 g/mol. The van der Waals surface area contributed by atoms with Crippen LogP contribution in [0.3, 0.4) is 0 Å². The lowest BCUT2D eigenvalue weighted by Crippen LogP contribution is -2.36. The molecule has 16 heavy (non-hydrogen) atoms. The van der Waals surface area contributed by atoms with Crippen molar-refractivity contribution >= 4 is 10.0 Å². The lowest BCUT2D eigenvalue weighted by molar-refractivity contribution is 0.327. The zero-order valence-electron chi connectivity index (χ0n) is 9.78. The van der Waals surface area contributed by atoms with E-state index in [2.05, 4.69) is 12.2 Å². The molecule has 0 bridgehead atoms. The van der Waals surface area contributed by atoms with Gasteiger partial charge >= 0.3 is 0 Å². The molecule has 3 rings (SSSR count). The predicted octanol–water partition coefficient (Wildman–Crippen LogP) is 0.267. The molecule has 5 heteroatoms. The van der Waals surface area contributed by atoms with Gasteiger partial charge in [0, 0.05) is 19.6 Å². The van der Waals surface area contributed by atoms with E-state index in [1.54, 1.807) is 4.31 Å². The van der Waals surface area contributed by atoms with Gasteiger partial charge in [-0.3, -0.25) is 0 Å². The number of nitrogens with zero attached hydrogens (tertiary/aromatic N) is 1. The lowest BCUT2D eigenvalue weighted by atomic mass is 9.83. The highest BCUT2D eigenvalue weighted by molar-refractivity contribution is 7.89. The maximum atomic E-state index is 12.2. The van der Waals surface area contributed by atoms with Crippen LogP contribution in [0.5, 0.6) is 0 Å². The molecular formula is C11H20N2O2S. The first-order valence-electron chi connectivity index (χ1n) is 6.18. The number of sulfonamides is 1. The van der Waals surface area contributed by atoms with Gasteiger partial charge in [0.2, 0.25) is 10.0 Å². The first kappa shape index (κ1) is 11.0. The molecule has 3 fully saturated rings. The lowest BCUT2D eigenvalue weighted by Gasteiger charge is -2.22. The third-order valence-electron chi connectivity index (χ3n) is 4.40. The predicted molar refractivity (Wildman–Crippen MR) is 62.6 cm³/mol. The third-order valence-corrected chi connectivity index (χ3v) is 6.36. The second-order valence-electron chi connectivity index (χ2n) is 6.00. The first-order valence-corrected chi connectivity index (χ1v) is 7.79. The Kier molecular flexibility index (Phi) is 2.36. The topological polar surface area (TPSA) is 49.4 Å². The molecule has 2 saturated heterocycles. The highest BCUT2D eigenvalue weighted by Gasteiger charge is 2.49. The zero-order chi connectivity index (χ0) is 11.4. The van der Waals surface area contributed by atoms with Crippen LogP contribution in [0.4, 0.5) is 0 Å². The molecule has 0 spiro atoms. The molecule has 1 N–H and O–H groups in total. The Bertz CT molecular complexity index is 391. The molecule has 0 aromatic rings. The smallest absolute Gasteiger partial charge is 0.214 e. The van der Waals surface area contributed by atoms with Gasteiger partial charge in [-0.25, -0.2) is 12.7 Å². The molecule has 0 aromatic carbocycles. The minimum Gasteiger partial charge on any atom is -0.316 e. The van der Waals surface area contributed by atoms with Gasteiger partial charge in [-0.2, -0.15) is 0 Å². The van der Waals surface area contributed by atoms with Crippen molar-refractivity contribution in [3.8, 4) is 0 Å². The van der Waals surface area contributed by atoms with Gasteiger partial charge in [0.15, 0.2) is 0 Å². The summed E-state index contributed by atoms with van der Waals surface area (Å²) in [6.07, 6.45) is 2.21. The standard InChI is InChI=1S/C11H20N2O2S/c1-11-7-12-4-10(11)5-13(8-11)16(14,15)6-9-2-3-9/h9-10,12H,2-8H2,1H3/t10-,11+/m0/s1. The summed E-state index contributed by atoms with van der Waals surface area (Å²) < 4.78 is 26.1. The highest BCUT2D eigenvalue weighted by atomic mass is 32.2. The average Bonchev–Trinajstić information content (AvgIpc) is 2.78. The van der Waals surface area contributed by atoms with Crippen molar-refractivity contribution in [2.45, 2.75) is 19.8 Å². The Hall–Kier alpha value is -0.130. The van der Waals surface area contributed by atoms with E-state index in [1.807, 2.05) is 0 Å². The van der Waals surface area contributed by atoms with E-state index in [0.717, 1.165) is 39.0 Å². The molecule has 2 aliphatic heterocycles. The molecule has 1 saturated carbocycles. The van der Waals surface area contributed by atoms with E-state index in [1.165, 1.54) is 0 Å². The minimum atomic E-state index is -2.97. The summed E-state index contributed by atoms with van der Waals surface area (Å²) in [6, 6.07) is 0. The molecule has 0 unspecified atom stereocenters. The van der Waals surface area contributed by atoms with Crippen LogP contribution in [0.1, 0.15) is 19.8 Å². The van der Waals surface area contributed by atoms with E-state index >= 15 is 0 Å².